The largest absolute Gasteiger partial charge is 0.393 e. The Bertz CT molecular complexity index is 498. The van der Waals surface area contributed by atoms with Crippen LogP contribution in [0.4, 0.5) is 0 Å². The Hall–Kier alpha value is -1.61. The van der Waals surface area contributed by atoms with Crippen molar-refractivity contribution in [3.05, 3.63) is 48.3 Å². The zero-order chi connectivity index (χ0) is 12.4. The normalized spacial score (nSPS) is 24.1. The predicted octanol–water partition coefficient (Wildman–Crippen LogP) is 2.89. The van der Waals surface area contributed by atoms with Crippen LogP contribution in [0.15, 0.2) is 42.6 Å². The molecule has 0 saturated heterocycles. The molecule has 94 valence electrons. The molecule has 2 aromatic rings. The van der Waals surface area contributed by atoms with Crippen molar-refractivity contribution in [1.82, 2.24) is 9.78 Å². The molecule has 1 aliphatic carbocycles. The Kier molecular flexibility index (Phi) is 3.15. The SMILES string of the molecule is OC1CCC(c2ccn(-c3ccccc3)n2)CC1. The summed E-state index contributed by atoms with van der Waals surface area (Å²) in [5.41, 5.74) is 2.25. The van der Waals surface area contributed by atoms with Gasteiger partial charge in [0.2, 0.25) is 0 Å². The van der Waals surface area contributed by atoms with Crippen LogP contribution >= 0.6 is 0 Å². The zero-order valence-electron chi connectivity index (χ0n) is 10.4. The van der Waals surface area contributed by atoms with Crippen LogP contribution < -0.4 is 0 Å². The van der Waals surface area contributed by atoms with Gasteiger partial charge in [-0.25, -0.2) is 4.68 Å². The average Bonchev–Trinajstić information content (AvgIpc) is 2.90. The van der Waals surface area contributed by atoms with Gasteiger partial charge in [-0.05, 0) is 43.9 Å². The molecule has 0 atom stereocenters. The van der Waals surface area contributed by atoms with Gasteiger partial charge in [0.05, 0.1) is 17.5 Å². The van der Waals surface area contributed by atoms with Crippen LogP contribution in [0.25, 0.3) is 5.69 Å². The first-order chi connectivity index (χ1) is 8.83. The minimum absolute atomic E-state index is 0.0996. The smallest absolute Gasteiger partial charge is 0.0659 e. The maximum Gasteiger partial charge on any atom is 0.0659 e. The van der Waals surface area contributed by atoms with E-state index in [1.165, 1.54) is 0 Å². The molecule has 0 amide bonds. The highest BCUT2D eigenvalue weighted by Gasteiger charge is 2.22. The van der Waals surface area contributed by atoms with Crippen LogP contribution in [-0.2, 0) is 0 Å². The highest BCUT2D eigenvalue weighted by molar-refractivity contribution is 5.30. The summed E-state index contributed by atoms with van der Waals surface area (Å²) in [6.07, 6.45) is 5.83. The van der Waals surface area contributed by atoms with Crippen LogP contribution in [0, 0.1) is 0 Å². The second-order valence-corrected chi connectivity index (χ2v) is 5.03. The monoisotopic (exact) mass is 242 g/mol. The van der Waals surface area contributed by atoms with Gasteiger partial charge in [0.1, 0.15) is 0 Å². The number of hydrogen-bond acceptors (Lipinski definition) is 2. The third-order valence-electron chi connectivity index (χ3n) is 3.75. The quantitative estimate of drug-likeness (QED) is 0.879. The van der Waals surface area contributed by atoms with E-state index in [1.807, 2.05) is 29.1 Å². The van der Waals surface area contributed by atoms with Gasteiger partial charge < -0.3 is 5.11 Å². The van der Waals surface area contributed by atoms with Crippen LogP contribution in [0.2, 0.25) is 0 Å². The van der Waals surface area contributed by atoms with E-state index in [2.05, 4.69) is 23.3 Å². The minimum Gasteiger partial charge on any atom is -0.393 e. The predicted molar refractivity (Wildman–Crippen MR) is 70.8 cm³/mol. The molecule has 3 rings (SSSR count). The molecule has 0 radical (unpaired) electrons. The van der Waals surface area contributed by atoms with Crippen molar-refractivity contribution in [2.45, 2.75) is 37.7 Å². The van der Waals surface area contributed by atoms with E-state index in [0.29, 0.717) is 5.92 Å². The number of aliphatic hydroxyl groups is 1. The molecule has 3 nitrogen and oxygen atoms in total. The molecule has 1 aromatic carbocycles. The summed E-state index contributed by atoms with van der Waals surface area (Å²) >= 11 is 0. The summed E-state index contributed by atoms with van der Waals surface area (Å²) in [6, 6.07) is 12.3. The van der Waals surface area contributed by atoms with Crippen molar-refractivity contribution in [2.75, 3.05) is 0 Å². The molecule has 1 aliphatic rings. The Morgan fingerprint density at radius 2 is 1.72 bits per heavy atom. The number of aliphatic hydroxyl groups excluding tert-OH is 1. The molecule has 0 bridgehead atoms. The van der Waals surface area contributed by atoms with Crippen molar-refractivity contribution in [3.63, 3.8) is 0 Å². The van der Waals surface area contributed by atoms with Gasteiger partial charge in [-0.1, -0.05) is 18.2 Å². The number of nitrogens with zero attached hydrogens (tertiary/aromatic N) is 2. The number of para-hydroxylation sites is 1. The molecule has 1 heterocycles. The van der Waals surface area contributed by atoms with Crippen molar-refractivity contribution < 1.29 is 5.11 Å². The minimum atomic E-state index is -0.0996. The average molecular weight is 242 g/mol. The first-order valence-corrected chi connectivity index (χ1v) is 6.62. The lowest BCUT2D eigenvalue weighted by atomic mass is 9.85. The molecule has 1 N–H and O–H groups in total. The Morgan fingerprint density at radius 1 is 1.00 bits per heavy atom. The summed E-state index contributed by atoms with van der Waals surface area (Å²) in [5.74, 6) is 0.512. The van der Waals surface area contributed by atoms with Crippen molar-refractivity contribution in [3.8, 4) is 5.69 Å². The molecule has 0 unspecified atom stereocenters. The first kappa shape index (κ1) is 11.5. The molecule has 0 spiro atoms. The molecule has 1 fully saturated rings. The van der Waals surface area contributed by atoms with Gasteiger partial charge in [-0.2, -0.15) is 5.10 Å². The molecule has 1 aromatic heterocycles. The number of hydrogen-bond donors (Lipinski definition) is 1. The fraction of sp³-hybridized carbons (Fsp3) is 0.400. The van der Waals surface area contributed by atoms with Gasteiger partial charge in [0.15, 0.2) is 0 Å². The topological polar surface area (TPSA) is 38.0 Å². The van der Waals surface area contributed by atoms with Crippen LogP contribution in [0.3, 0.4) is 0 Å². The molecule has 0 aliphatic heterocycles. The zero-order valence-corrected chi connectivity index (χ0v) is 10.4. The molecule has 1 saturated carbocycles. The van der Waals surface area contributed by atoms with Gasteiger partial charge >= 0.3 is 0 Å². The number of rotatable bonds is 2. The summed E-state index contributed by atoms with van der Waals surface area (Å²) in [7, 11) is 0. The van der Waals surface area contributed by atoms with E-state index < -0.39 is 0 Å². The standard InChI is InChI=1S/C15H18N2O/c18-14-8-6-12(7-9-14)15-10-11-17(16-15)13-4-2-1-3-5-13/h1-5,10-12,14,18H,6-9H2. The van der Waals surface area contributed by atoms with E-state index in [1.54, 1.807) is 0 Å². The summed E-state index contributed by atoms with van der Waals surface area (Å²) in [4.78, 5) is 0. The Morgan fingerprint density at radius 3 is 2.44 bits per heavy atom. The third-order valence-corrected chi connectivity index (χ3v) is 3.75. The highest BCUT2D eigenvalue weighted by atomic mass is 16.3. The van der Waals surface area contributed by atoms with E-state index >= 15 is 0 Å². The second kappa shape index (κ2) is 4.94. The Balaban J connectivity index is 1.78. The fourth-order valence-corrected chi connectivity index (χ4v) is 2.65. The van der Waals surface area contributed by atoms with Crippen molar-refractivity contribution in [1.29, 1.82) is 0 Å². The van der Waals surface area contributed by atoms with E-state index in [4.69, 9.17) is 0 Å². The lowest BCUT2D eigenvalue weighted by molar-refractivity contribution is 0.122. The Labute approximate surface area is 107 Å². The van der Waals surface area contributed by atoms with Gasteiger partial charge in [0, 0.05) is 12.1 Å². The van der Waals surface area contributed by atoms with E-state index in [9.17, 15) is 5.11 Å². The van der Waals surface area contributed by atoms with Crippen molar-refractivity contribution >= 4 is 0 Å². The highest BCUT2D eigenvalue weighted by Crippen LogP contribution is 2.31. The second-order valence-electron chi connectivity index (χ2n) is 5.03. The van der Waals surface area contributed by atoms with Crippen molar-refractivity contribution in [2.24, 2.45) is 0 Å². The van der Waals surface area contributed by atoms with E-state index in [0.717, 1.165) is 37.1 Å². The molecule has 18 heavy (non-hydrogen) atoms. The first-order valence-electron chi connectivity index (χ1n) is 6.62. The van der Waals surface area contributed by atoms with Crippen LogP contribution in [0.1, 0.15) is 37.3 Å². The summed E-state index contributed by atoms with van der Waals surface area (Å²) in [5, 5.41) is 14.2. The number of aromatic nitrogens is 2. The maximum atomic E-state index is 9.53. The van der Waals surface area contributed by atoms with Crippen LogP contribution in [0.5, 0.6) is 0 Å². The lowest BCUT2D eigenvalue weighted by Crippen LogP contribution is -2.17. The van der Waals surface area contributed by atoms with Gasteiger partial charge in [-0.15, -0.1) is 0 Å². The van der Waals surface area contributed by atoms with Crippen LogP contribution in [-0.4, -0.2) is 21.0 Å². The molecular formula is C15H18N2O. The lowest BCUT2D eigenvalue weighted by Gasteiger charge is -2.23. The third kappa shape index (κ3) is 2.31. The maximum absolute atomic E-state index is 9.53. The van der Waals surface area contributed by atoms with E-state index in [-0.39, 0.29) is 6.10 Å². The fourth-order valence-electron chi connectivity index (χ4n) is 2.65. The molecular weight excluding hydrogens is 224 g/mol. The summed E-state index contributed by atoms with van der Waals surface area (Å²) < 4.78 is 1.93. The summed E-state index contributed by atoms with van der Waals surface area (Å²) in [6.45, 7) is 0. The molecule has 3 heteroatoms. The van der Waals surface area contributed by atoms with Gasteiger partial charge in [-0.3, -0.25) is 0 Å². The van der Waals surface area contributed by atoms with Gasteiger partial charge in [0.25, 0.3) is 0 Å². The number of benzene rings is 1.